The highest BCUT2D eigenvalue weighted by Gasteiger charge is 2.20. The summed E-state index contributed by atoms with van der Waals surface area (Å²) in [7, 11) is 2.03. The molecule has 1 aliphatic heterocycles. The lowest BCUT2D eigenvalue weighted by Crippen LogP contribution is -2.28. The van der Waals surface area contributed by atoms with E-state index in [-0.39, 0.29) is 5.56 Å². The monoisotopic (exact) mass is 294 g/mol. The highest BCUT2D eigenvalue weighted by atomic mass is 16.3. The molecule has 5 nitrogen and oxygen atoms in total. The number of fused-ring (bicyclic) bond motifs is 3. The molecule has 1 radical (unpaired) electrons. The fourth-order valence-corrected chi connectivity index (χ4v) is 3.16. The molecule has 3 aromatic rings. The number of hydrogen-bond donors (Lipinski definition) is 2. The van der Waals surface area contributed by atoms with E-state index in [1.54, 1.807) is 0 Å². The number of aromatic nitrogens is 2. The van der Waals surface area contributed by atoms with Crippen LogP contribution in [0.5, 0.6) is 0 Å². The van der Waals surface area contributed by atoms with Gasteiger partial charge in [0.05, 0.1) is 0 Å². The van der Waals surface area contributed by atoms with Crippen molar-refractivity contribution in [3.05, 3.63) is 34.4 Å². The van der Waals surface area contributed by atoms with Crippen LogP contribution in [-0.4, -0.2) is 30.3 Å². The lowest BCUT2D eigenvalue weighted by atomic mass is 9.73. The molecule has 0 aliphatic carbocycles. The number of piperidine rings is 1. The summed E-state index contributed by atoms with van der Waals surface area (Å²) in [5, 5.41) is 4.24. The van der Waals surface area contributed by atoms with Gasteiger partial charge in [-0.25, -0.2) is 4.98 Å². The number of nitrogens with one attached hydrogen (secondary N) is 2. The molecule has 2 N–H and O–H groups in total. The Morgan fingerprint density at radius 2 is 2.14 bits per heavy atom. The number of H-pyrrole nitrogens is 1. The predicted molar refractivity (Wildman–Crippen MR) is 88.2 cm³/mol. The van der Waals surface area contributed by atoms with E-state index in [4.69, 9.17) is 9.40 Å². The second kappa shape index (κ2) is 5.28. The lowest BCUT2D eigenvalue weighted by molar-refractivity contribution is 0.445. The van der Waals surface area contributed by atoms with Crippen LogP contribution in [-0.2, 0) is 0 Å². The number of nitrogens with zero attached hydrogens (tertiary/aromatic N) is 1. The van der Waals surface area contributed by atoms with E-state index in [1.807, 2.05) is 32.3 Å². The molecule has 0 atom stereocenters. The number of hydrogen-bond acceptors (Lipinski definition) is 4. The molecule has 1 saturated heterocycles. The summed E-state index contributed by atoms with van der Waals surface area (Å²) in [4.78, 5) is 20.0. The van der Waals surface area contributed by atoms with Crippen molar-refractivity contribution < 1.29 is 4.42 Å². The molecular formula is C16H17BN3O2. The molecule has 3 heterocycles. The molecule has 0 unspecified atom stereocenters. The van der Waals surface area contributed by atoms with Gasteiger partial charge in [-0.3, -0.25) is 4.79 Å². The third kappa shape index (κ3) is 2.15. The quantitative estimate of drug-likeness (QED) is 0.703. The van der Waals surface area contributed by atoms with Gasteiger partial charge >= 0.3 is 0 Å². The first-order valence-electron chi connectivity index (χ1n) is 7.73. The first-order chi connectivity index (χ1) is 10.8. The molecule has 111 valence electrons. The highest BCUT2D eigenvalue weighted by Crippen LogP contribution is 2.27. The zero-order valence-corrected chi connectivity index (χ0v) is 12.5. The lowest BCUT2D eigenvalue weighted by Gasteiger charge is -2.21. The number of rotatable bonds is 2. The van der Waals surface area contributed by atoms with Crippen LogP contribution in [0, 0.1) is 0 Å². The summed E-state index contributed by atoms with van der Waals surface area (Å²) < 4.78 is 5.69. The topological polar surface area (TPSA) is 70.9 Å². The van der Waals surface area contributed by atoms with E-state index in [1.165, 1.54) is 0 Å². The maximum absolute atomic E-state index is 12.4. The largest absolute Gasteiger partial charge is 0.449 e. The summed E-state index contributed by atoms with van der Waals surface area (Å²) in [5.74, 6) is 1.09. The fraction of sp³-hybridized carbons (Fsp3) is 0.375. The van der Waals surface area contributed by atoms with Crippen molar-refractivity contribution in [3.8, 4) is 0 Å². The first-order valence-corrected chi connectivity index (χ1v) is 7.73. The Kier molecular flexibility index (Phi) is 3.26. The average Bonchev–Trinajstić information content (AvgIpc) is 2.94. The minimum Gasteiger partial charge on any atom is -0.449 e. The molecule has 1 aliphatic rings. The fourth-order valence-electron chi connectivity index (χ4n) is 3.16. The van der Waals surface area contributed by atoms with E-state index in [0.29, 0.717) is 22.6 Å². The van der Waals surface area contributed by atoms with Gasteiger partial charge in [-0.2, -0.15) is 0 Å². The van der Waals surface area contributed by atoms with Crippen molar-refractivity contribution in [3.63, 3.8) is 0 Å². The summed E-state index contributed by atoms with van der Waals surface area (Å²) in [6.45, 7) is 3.92. The van der Waals surface area contributed by atoms with E-state index >= 15 is 0 Å². The molecule has 0 amide bonds. The molecule has 0 saturated carbocycles. The molecule has 0 bridgehead atoms. The average molecular weight is 294 g/mol. The second-order valence-electron chi connectivity index (χ2n) is 5.80. The summed E-state index contributed by atoms with van der Waals surface area (Å²) in [6, 6.07) is 5.91. The zero-order valence-electron chi connectivity index (χ0n) is 12.5. The van der Waals surface area contributed by atoms with Crippen molar-refractivity contribution >= 4 is 34.8 Å². The molecule has 4 rings (SSSR count). The third-order valence-electron chi connectivity index (χ3n) is 4.43. The molecule has 6 heteroatoms. The van der Waals surface area contributed by atoms with Crippen molar-refractivity contribution in [2.45, 2.75) is 25.6 Å². The Bertz CT molecular complexity index is 893. The smallest absolute Gasteiger partial charge is 0.294 e. The van der Waals surface area contributed by atoms with E-state index < -0.39 is 0 Å². The van der Waals surface area contributed by atoms with Gasteiger partial charge in [-0.1, -0.05) is 24.4 Å². The van der Waals surface area contributed by atoms with Crippen molar-refractivity contribution in [2.75, 3.05) is 13.1 Å². The van der Waals surface area contributed by atoms with Crippen LogP contribution >= 0.6 is 0 Å². The van der Waals surface area contributed by atoms with Gasteiger partial charge in [0.1, 0.15) is 24.2 Å². The van der Waals surface area contributed by atoms with E-state index in [0.717, 1.165) is 42.6 Å². The van der Waals surface area contributed by atoms with Crippen LogP contribution in [0.3, 0.4) is 0 Å². The molecule has 1 fully saturated rings. The summed E-state index contributed by atoms with van der Waals surface area (Å²) in [5.41, 5.74) is 2.62. The predicted octanol–water partition coefficient (Wildman–Crippen LogP) is 1.51. The Balaban J connectivity index is 1.94. The van der Waals surface area contributed by atoms with Crippen molar-refractivity contribution in [1.29, 1.82) is 0 Å². The molecule has 2 aromatic heterocycles. The van der Waals surface area contributed by atoms with Gasteiger partial charge in [-0.05, 0) is 32.0 Å². The maximum Gasteiger partial charge on any atom is 0.294 e. The summed E-state index contributed by atoms with van der Waals surface area (Å²) in [6.07, 6.45) is 2.00. The Morgan fingerprint density at radius 3 is 2.91 bits per heavy atom. The molecular weight excluding hydrogens is 277 g/mol. The Hall–Kier alpha value is -2.08. The first kappa shape index (κ1) is 13.6. The minimum atomic E-state index is -0.184. The maximum atomic E-state index is 12.4. The standard InChI is InChI=1S/C16H17BN3O2/c1-17-10-2-3-12-11(8-10)13-14(22-12)16(21)20-15(19-13)9-4-6-18-7-5-9/h2-3,8-9,18H,4-7H2,1H3,(H,19,20,21). The van der Waals surface area contributed by atoms with Crippen LogP contribution in [0.15, 0.2) is 27.4 Å². The van der Waals surface area contributed by atoms with Gasteiger partial charge in [0.15, 0.2) is 0 Å². The van der Waals surface area contributed by atoms with Gasteiger partial charge in [0.25, 0.3) is 5.56 Å². The van der Waals surface area contributed by atoms with Crippen LogP contribution in [0.1, 0.15) is 24.6 Å². The van der Waals surface area contributed by atoms with E-state index in [2.05, 4.69) is 10.3 Å². The van der Waals surface area contributed by atoms with Crippen LogP contribution < -0.4 is 16.3 Å². The molecule has 1 aromatic carbocycles. The van der Waals surface area contributed by atoms with Gasteiger partial charge in [-0.15, -0.1) is 0 Å². The van der Waals surface area contributed by atoms with Crippen LogP contribution in [0.2, 0.25) is 6.82 Å². The summed E-state index contributed by atoms with van der Waals surface area (Å²) >= 11 is 0. The zero-order chi connectivity index (χ0) is 15.1. The van der Waals surface area contributed by atoms with Gasteiger partial charge in [0.2, 0.25) is 5.58 Å². The van der Waals surface area contributed by atoms with Crippen molar-refractivity contribution in [1.82, 2.24) is 15.3 Å². The molecule has 0 spiro atoms. The number of benzene rings is 1. The SMILES string of the molecule is C[B]c1ccc2oc3c(=O)[nH]c(C4CCNCC4)nc3c2c1. The van der Waals surface area contributed by atoms with Crippen molar-refractivity contribution in [2.24, 2.45) is 0 Å². The Labute approximate surface area is 128 Å². The Morgan fingerprint density at radius 1 is 1.32 bits per heavy atom. The van der Waals surface area contributed by atoms with Gasteiger partial charge < -0.3 is 14.7 Å². The van der Waals surface area contributed by atoms with Crippen LogP contribution in [0.4, 0.5) is 0 Å². The highest BCUT2D eigenvalue weighted by molar-refractivity contribution is 6.52. The van der Waals surface area contributed by atoms with Crippen LogP contribution in [0.25, 0.3) is 22.1 Å². The number of aromatic amines is 1. The number of furan rings is 1. The van der Waals surface area contributed by atoms with Gasteiger partial charge in [0, 0.05) is 11.3 Å². The molecule has 22 heavy (non-hydrogen) atoms. The second-order valence-corrected chi connectivity index (χ2v) is 5.80. The normalized spacial score (nSPS) is 16.4. The third-order valence-corrected chi connectivity index (χ3v) is 4.43. The minimum absolute atomic E-state index is 0.184. The van der Waals surface area contributed by atoms with E-state index in [9.17, 15) is 4.79 Å².